The van der Waals surface area contributed by atoms with Crippen molar-refractivity contribution in [3.05, 3.63) is 65.9 Å². The highest BCUT2D eigenvalue weighted by molar-refractivity contribution is 7.91. The summed E-state index contributed by atoms with van der Waals surface area (Å²) in [6.45, 7) is 5.88. The maximum atomic E-state index is 14.1. The molecular weight excluding hydrogens is 542 g/mol. The first-order valence-electron chi connectivity index (χ1n) is 13.5. The summed E-state index contributed by atoms with van der Waals surface area (Å²) in [7, 11) is -1.97. The van der Waals surface area contributed by atoms with Gasteiger partial charge in [-0.25, -0.2) is 8.42 Å². The lowest BCUT2D eigenvalue weighted by Gasteiger charge is -2.41. The van der Waals surface area contributed by atoms with Gasteiger partial charge in [-0.1, -0.05) is 30.3 Å². The largest absolute Gasteiger partial charge is 0.309 e. The molecule has 0 saturated carbocycles. The van der Waals surface area contributed by atoms with Crippen LogP contribution in [-0.2, 0) is 30.8 Å². The normalized spacial score (nSPS) is 19.3. The van der Waals surface area contributed by atoms with E-state index in [9.17, 15) is 22.8 Å². The molecule has 3 atom stereocenters. The van der Waals surface area contributed by atoms with Crippen molar-refractivity contribution in [2.45, 2.75) is 51.4 Å². The number of likely N-dealkylation sites (N-methyl/N-ethyl adjacent to an activating group) is 1. The second-order valence-corrected chi connectivity index (χ2v) is 13.1. The van der Waals surface area contributed by atoms with Crippen molar-refractivity contribution in [2.75, 3.05) is 35.4 Å². The SMILES string of the molecule is CNC(C)(C=O)CNC1CC(=O)N(Cc2c(C)cnc3ccccc23)c2ccccc2N(C(=O)CS(C)(=O)=O)C1C. The zero-order valence-corrected chi connectivity index (χ0v) is 24.9. The van der Waals surface area contributed by atoms with Crippen molar-refractivity contribution in [2.24, 2.45) is 0 Å². The molecule has 3 aromatic rings. The van der Waals surface area contributed by atoms with E-state index in [0.29, 0.717) is 11.4 Å². The van der Waals surface area contributed by atoms with E-state index >= 15 is 0 Å². The summed E-state index contributed by atoms with van der Waals surface area (Å²) in [5.74, 6) is -1.44. The number of sulfone groups is 1. The molecule has 10 nitrogen and oxygen atoms in total. The Labute approximate surface area is 241 Å². The number of carbonyl (C=O) groups excluding carboxylic acids is 3. The molecule has 0 saturated heterocycles. The van der Waals surface area contributed by atoms with Crippen LogP contribution in [0.3, 0.4) is 0 Å². The third-order valence-corrected chi connectivity index (χ3v) is 8.52. The minimum Gasteiger partial charge on any atom is -0.309 e. The smallest absolute Gasteiger partial charge is 0.242 e. The van der Waals surface area contributed by atoms with Crippen LogP contribution in [0.5, 0.6) is 0 Å². The minimum atomic E-state index is -3.64. The molecule has 2 heterocycles. The van der Waals surface area contributed by atoms with Gasteiger partial charge in [0.15, 0.2) is 9.84 Å². The number of para-hydroxylation sites is 3. The number of nitrogens with one attached hydrogen (secondary N) is 2. The van der Waals surface area contributed by atoms with Gasteiger partial charge < -0.3 is 25.2 Å². The van der Waals surface area contributed by atoms with Gasteiger partial charge in [0.2, 0.25) is 11.8 Å². The molecule has 2 aromatic carbocycles. The number of aldehydes is 1. The number of carbonyl (C=O) groups is 3. The topological polar surface area (TPSA) is 129 Å². The van der Waals surface area contributed by atoms with Gasteiger partial charge in [-0.15, -0.1) is 0 Å². The monoisotopic (exact) mass is 579 g/mol. The zero-order chi connectivity index (χ0) is 29.9. The van der Waals surface area contributed by atoms with Gasteiger partial charge in [-0.3, -0.25) is 14.6 Å². The second-order valence-electron chi connectivity index (χ2n) is 11.0. The lowest BCUT2D eigenvalue weighted by Crippen LogP contribution is -2.59. The van der Waals surface area contributed by atoms with Crippen LogP contribution in [0.15, 0.2) is 54.7 Å². The summed E-state index contributed by atoms with van der Waals surface area (Å²) in [6, 6.07) is 13.6. The maximum absolute atomic E-state index is 14.1. The fourth-order valence-corrected chi connectivity index (χ4v) is 5.76. The predicted molar refractivity (Wildman–Crippen MR) is 161 cm³/mol. The number of anilines is 2. The number of hydrogen-bond donors (Lipinski definition) is 2. The maximum Gasteiger partial charge on any atom is 0.242 e. The van der Waals surface area contributed by atoms with Crippen molar-refractivity contribution < 1.29 is 22.8 Å². The number of rotatable bonds is 9. The number of nitrogens with zero attached hydrogens (tertiary/aromatic N) is 3. The van der Waals surface area contributed by atoms with Crippen LogP contribution < -0.4 is 20.4 Å². The molecule has 1 aliphatic heterocycles. The summed E-state index contributed by atoms with van der Waals surface area (Å²) in [5.41, 5.74) is 2.69. The summed E-state index contributed by atoms with van der Waals surface area (Å²) < 4.78 is 24.4. The van der Waals surface area contributed by atoms with Gasteiger partial charge >= 0.3 is 0 Å². The van der Waals surface area contributed by atoms with Gasteiger partial charge in [0, 0.05) is 36.8 Å². The Morgan fingerprint density at radius 3 is 2.46 bits per heavy atom. The third-order valence-electron chi connectivity index (χ3n) is 7.75. The molecule has 0 bridgehead atoms. The number of aromatic nitrogens is 1. The van der Waals surface area contributed by atoms with Crippen LogP contribution in [0.4, 0.5) is 11.4 Å². The molecule has 2 amide bonds. The van der Waals surface area contributed by atoms with Gasteiger partial charge in [0.1, 0.15) is 12.0 Å². The number of amides is 2. The summed E-state index contributed by atoms with van der Waals surface area (Å²) in [5, 5.41) is 7.22. The molecule has 1 aliphatic rings. The number of benzene rings is 2. The molecule has 1 aromatic heterocycles. The molecule has 4 rings (SSSR count). The molecule has 2 N–H and O–H groups in total. The van der Waals surface area contributed by atoms with Crippen LogP contribution in [-0.4, -0.2) is 74.7 Å². The molecule has 218 valence electrons. The van der Waals surface area contributed by atoms with Crippen LogP contribution >= 0.6 is 0 Å². The number of aryl methyl sites for hydroxylation is 1. The predicted octanol–water partition coefficient (Wildman–Crippen LogP) is 2.38. The molecule has 0 aliphatic carbocycles. The average molecular weight is 580 g/mol. The van der Waals surface area contributed by atoms with E-state index in [0.717, 1.165) is 34.6 Å². The minimum absolute atomic E-state index is 0.0128. The molecule has 3 unspecified atom stereocenters. The quantitative estimate of drug-likeness (QED) is 0.370. The third kappa shape index (κ3) is 6.64. The van der Waals surface area contributed by atoms with E-state index in [4.69, 9.17) is 0 Å². The van der Waals surface area contributed by atoms with E-state index in [1.54, 1.807) is 56.3 Å². The molecule has 11 heteroatoms. The highest BCUT2D eigenvalue weighted by Gasteiger charge is 2.38. The Morgan fingerprint density at radius 2 is 1.80 bits per heavy atom. The zero-order valence-electron chi connectivity index (χ0n) is 24.0. The summed E-state index contributed by atoms with van der Waals surface area (Å²) in [4.78, 5) is 47.1. The first-order valence-corrected chi connectivity index (χ1v) is 15.5. The molecule has 0 radical (unpaired) electrons. The van der Waals surface area contributed by atoms with Crippen molar-refractivity contribution in [3.63, 3.8) is 0 Å². The first-order chi connectivity index (χ1) is 19.4. The fraction of sp³-hybridized carbons (Fsp3) is 0.400. The van der Waals surface area contributed by atoms with E-state index in [1.165, 1.54) is 4.90 Å². The highest BCUT2D eigenvalue weighted by atomic mass is 32.2. The molecule has 0 spiro atoms. The Hall–Kier alpha value is -3.67. The first kappa shape index (κ1) is 30.3. The van der Waals surface area contributed by atoms with Gasteiger partial charge in [0.05, 0.1) is 35.0 Å². The molecule has 41 heavy (non-hydrogen) atoms. The van der Waals surface area contributed by atoms with Gasteiger partial charge in [-0.2, -0.15) is 0 Å². The van der Waals surface area contributed by atoms with Crippen LogP contribution in [0.2, 0.25) is 0 Å². The lowest BCUT2D eigenvalue weighted by molar-refractivity contribution is -0.120. The standard InChI is InChI=1S/C30H37N5O5S/c1-20-15-32-24-11-7-6-10-22(24)23(20)16-34-26-12-8-9-13-27(26)35(29(38)17-41(5,39)40)21(2)25(14-28(34)37)33-18-30(3,19-36)31-4/h6-13,15,19,21,25,31,33H,14,16-18H2,1-5H3. The Kier molecular flexibility index (Phi) is 8.91. The van der Waals surface area contributed by atoms with E-state index in [1.807, 2.05) is 31.2 Å². The molecule has 0 fully saturated rings. The number of hydrogen-bond acceptors (Lipinski definition) is 8. The van der Waals surface area contributed by atoms with Crippen LogP contribution in [0.25, 0.3) is 10.9 Å². The van der Waals surface area contributed by atoms with Crippen LogP contribution in [0, 0.1) is 6.92 Å². The van der Waals surface area contributed by atoms with Crippen molar-refractivity contribution in [1.29, 1.82) is 0 Å². The summed E-state index contributed by atoms with van der Waals surface area (Å²) >= 11 is 0. The van der Waals surface area contributed by atoms with Gasteiger partial charge in [-0.05, 0) is 57.1 Å². The Morgan fingerprint density at radius 1 is 1.15 bits per heavy atom. The Bertz CT molecular complexity index is 1580. The second kappa shape index (κ2) is 12.1. The van der Waals surface area contributed by atoms with Crippen molar-refractivity contribution in [3.8, 4) is 0 Å². The summed E-state index contributed by atoms with van der Waals surface area (Å²) in [6.07, 6.45) is 3.61. The number of fused-ring (bicyclic) bond motifs is 2. The van der Waals surface area contributed by atoms with Crippen molar-refractivity contribution >= 4 is 50.2 Å². The Balaban J connectivity index is 1.85. The lowest BCUT2D eigenvalue weighted by atomic mass is 9.96. The van der Waals surface area contributed by atoms with Crippen molar-refractivity contribution in [1.82, 2.24) is 15.6 Å². The highest BCUT2D eigenvalue weighted by Crippen LogP contribution is 2.36. The van der Waals surface area contributed by atoms with E-state index in [-0.39, 0.29) is 25.4 Å². The fourth-order valence-electron chi connectivity index (χ4n) is 5.17. The average Bonchev–Trinajstić information content (AvgIpc) is 2.93. The number of pyridine rings is 1. The van der Waals surface area contributed by atoms with E-state index < -0.39 is 39.1 Å². The van der Waals surface area contributed by atoms with Gasteiger partial charge in [0.25, 0.3) is 0 Å². The van der Waals surface area contributed by atoms with E-state index in [2.05, 4.69) is 15.6 Å². The van der Waals surface area contributed by atoms with Crippen LogP contribution in [0.1, 0.15) is 31.4 Å². The molecular formula is C30H37N5O5S.